The van der Waals surface area contributed by atoms with Gasteiger partial charge in [-0.3, -0.25) is 15.0 Å². The van der Waals surface area contributed by atoms with Crippen molar-refractivity contribution < 1.29 is 14.7 Å². The fourth-order valence-electron chi connectivity index (χ4n) is 2.61. The van der Waals surface area contributed by atoms with Crippen LogP contribution in [0, 0.1) is 0 Å². The molecule has 0 saturated carbocycles. The zero-order valence-corrected chi connectivity index (χ0v) is 17.1. The number of aliphatic carboxylic acids is 1. The molecule has 0 bridgehead atoms. The fourth-order valence-corrected chi connectivity index (χ4v) is 2.61. The van der Waals surface area contributed by atoms with Crippen molar-refractivity contribution in [3.63, 3.8) is 0 Å². The molecule has 0 aromatic carbocycles. The fraction of sp³-hybridized carbons (Fsp3) is 0.900. The number of carboxylic acids is 1. The van der Waals surface area contributed by atoms with Crippen molar-refractivity contribution in [2.45, 2.75) is 104 Å². The number of nitrogens with one attached hydrogen (secondary N) is 1. The molecule has 0 heterocycles. The Hall–Kier alpha value is -1.10. The molecule has 0 aliphatic heterocycles. The van der Waals surface area contributed by atoms with Crippen molar-refractivity contribution in [3.05, 3.63) is 0 Å². The molecule has 0 fully saturated rings. The molecule has 0 aliphatic rings. The van der Waals surface area contributed by atoms with Gasteiger partial charge in [0.2, 0.25) is 5.91 Å². The smallest absolute Gasteiger partial charge is 0.303 e. The zero-order chi connectivity index (χ0) is 19.3. The van der Waals surface area contributed by atoms with E-state index in [4.69, 9.17) is 5.11 Å². The first-order chi connectivity index (χ1) is 11.9. The molecule has 0 unspecified atom stereocenters. The van der Waals surface area contributed by atoms with E-state index < -0.39 is 5.97 Å². The zero-order valence-electron chi connectivity index (χ0n) is 17.1. The maximum atomic E-state index is 10.3. The van der Waals surface area contributed by atoms with Gasteiger partial charge in [-0.2, -0.15) is 0 Å². The highest BCUT2D eigenvalue weighted by molar-refractivity contribution is 5.72. The molecule has 0 radical (unpaired) electrons. The second-order valence-corrected chi connectivity index (χ2v) is 6.95. The molecule has 0 atom stereocenters. The molecule has 2 N–H and O–H groups in total. The maximum absolute atomic E-state index is 10.3. The van der Waals surface area contributed by atoms with Gasteiger partial charge in [0.05, 0.1) is 0 Å². The van der Waals surface area contributed by atoms with Gasteiger partial charge in [-0.15, -0.1) is 0 Å². The molecule has 5 nitrogen and oxygen atoms in total. The van der Waals surface area contributed by atoms with Crippen molar-refractivity contribution in [2.24, 2.45) is 0 Å². The van der Waals surface area contributed by atoms with Crippen molar-refractivity contribution in [2.75, 3.05) is 14.1 Å². The van der Waals surface area contributed by atoms with Gasteiger partial charge in [0.15, 0.2) is 0 Å². The van der Waals surface area contributed by atoms with Crippen LogP contribution in [0.2, 0.25) is 0 Å². The lowest BCUT2D eigenvalue weighted by Crippen LogP contribution is -2.34. The quantitative estimate of drug-likeness (QED) is 0.314. The number of carbonyl (C=O) groups is 2. The van der Waals surface area contributed by atoms with Crippen LogP contribution in [0.5, 0.6) is 0 Å². The van der Waals surface area contributed by atoms with Gasteiger partial charge in [-0.1, -0.05) is 84.0 Å². The highest BCUT2D eigenvalue weighted by Crippen LogP contribution is 2.12. The van der Waals surface area contributed by atoms with Gasteiger partial charge >= 0.3 is 5.97 Å². The molecular weight excluding hydrogens is 316 g/mol. The van der Waals surface area contributed by atoms with Gasteiger partial charge < -0.3 is 5.11 Å². The van der Waals surface area contributed by atoms with E-state index in [1.54, 1.807) is 19.1 Å². The third kappa shape index (κ3) is 31.2. The number of carbonyl (C=O) groups excluding carboxylic acids is 1. The van der Waals surface area contributed by atoms with Crippen LogP contribution in [0.4, 0.5) is 0 Å². The molecule has 0 rings (SSSR count). The highest BCUT2D eigenvalue weighted by Gasteiger charge is 1.96. The molecule has 0 aromatic rings. The van der Waals surface area contributed by atoms with Crippen LogP contribution in [-0.4, -0.2) is 36.1 Å². The van der Waals surface area contributed by atoms with Gasteiger partial charge in [0.25, 0.3) is 0 Å². The molecule has 0 aromatic heterocycles. The minimum atomic E-state index is -0.655. The summed E-state index contributed by atoms with van der Waals surface area (Å²) < 4.78 is 0. The number of nitrogens with zero attached hydrogens (tertiary/aromatic N) is 1. The molecule has 25 heavy (non-hydrogen) atoms. The Labute approximate surface area is 155 Å². The molecule has 0 saturated heterocycles. The summed E-state index contributed by atoms with van der Waals surface area (Å²) in [7, 11) is 3.53. The molecule has 150 valence electrons. The second kappa shape index (κ2) is 20.9. The van der Waals surface area contributed by atoms with Crippen molar-refractivity contribution in [1.29, 1.82) is 0 Å². The summed E-state index contributed by atoms with van der Waals surface area (Å²) >= 11 is 0. The van der Waals surface area contributed by atoms with E-state index in [-0.39, 0.29) is 5.91 Å². The summed E-state index contributed by atoms with van der Waals surface area (Å²) in [6.07, 6.45) is 17.3. The Balaban J connectivity index is 0. The minimum Gasteiger partial charge on any atom is -0.481 e. The predicted molar refractivity (Wildman–Crippen MR) is 105 cm³/mol. The third-order valence-corrected chi connectivity index (χ3v) is 3.88. The number of amides is 1. The van der Waals surface area contributed by atoms with E-state index in [0.29, 0.717) is 6.42 Å². The number of rotatable bonds is 15. The number of carboxylic acid groups (broad SMARTS) is 1. The van der Waals surface area contributed by atoms with Crippen molar-refractivity contribution in [1.82, 2.24) is 10.4 Å². The van der Waals surface area contributed by atoms with E-state index in [2.05, 4.69) is 12.3 Å². The summed E-state index contributed by atoms with van der Waals surface area (Å²) in [5, 5.41) is 10.1. The normalized spacial score (nSPS) is 10.3. The second-order valence-electron chi connectivity index (χ2n) is 6.95. The largest absolute Gasteiger partial charge is 0.481 e. The Morgan fingerprint density at radius 3 is 1.36 bits per heavy atom. The summed E-state index contributed by atoms with van der Waals surface area (Å²) in [6, 6.07) is 0. The van der Waals surface area contributed by atoms with Crippen LogP contribution in [0.15, 0.2) is 0 Å². The molecule has 5 heteroatoms. The Morgan fingerprint density at radius 1 is 0.760 bits per heavy atom. The lowest BCUT2D eigenvalue weighted by atomic mass is 10.0. The first-order valence-electron chi connectivity index (χ1n) is 10.1. The Kier molecular flexibility index (Phi) is 21.9. The topological polar surface area (TPSA) is 69.6 Å². The number of hydrogen-bond donors (Lipinski definition) is 2. The van der Waals surface area contributed by atoms with Crippen LogP contribution in [0.1, 0.15) is 104 Å². The monoisotopic (exact) mass is 358 g/mol. The van der Waals surface area contributed by atoms with Crippen molar-refractivity contribution in [3.8, 4) is 0 Å². The van der Waals surface area contributed by atoms with Crippen LogP contribution < -0.4 is 5.43 Å². The number of hydrazine groups is 1. The summed E-state index contributed by atoms with van der Waals surface area (Å²) in [5.41, 5.74) is 2.50. The predicted octanol–water partition coefficient (Wildman–Crippen LogP) is 5.15. The van der Waals surface area contributed by atoms with E-state index in [1.807, 2.05) is 0 Å². The van der Waals surface area contributed by atoms with E-state index >= 15 is 0 Å². The molecular formula is C20H42N2O3. The third-order valence-electron chi connectivity index (χ3n) is 3.88. The SMILES string of the molecule is CC(=O)NN(C)C.CCCCCCCCCCCCCCCC(=O)O. The summed E-state index contributed by atoms with van der Waals surface area (Å²) in [4.78, 5) is 20.4. The Morgan fingerprint density at radius 2 is 1.12 bits per heavy atom. The van der Waals surface area contributed by atoms with Crippen LogP contribution in [0.25, 0.3) is 0 Å². The van der Waals surface area contributed by atoms with E-state index in [0.717, 1.165) is 12.8 Å². The van der Waals surface area contributed by atoms with Crippen LogP contribution in [0.3, 0.4) is 0 Å². The van der Waals surface area contributed by atoms with Gasteiger partial charge in [0.1, 0.15) is 0 Å². The number of hydrogen-bond acceptors (Lipinski definition) is 3. The first kappa shape index (κ1) is 26.1. The van der Waals surface area contributed by atoms with Gasteiger partial charge in [0, 0.05) is 27.4 Å². The lowest BCUT2D eigenvalue weighted by Gasteiger charge is -2.07. The van der Waals surface area contributed by atoms with Gasteiger partial charge in [-0.05, 0) is 6.42 Å². The molecule has 0 aliphatic carbocycles. The standard InChI is InChI=1S/C16H32O2.C4H10N2O/c1-2-3-4-5-6-7-8-9-10-11-12-13-14-15-16(17)18;1-4(7)5-6(2)3/h2-15H2,1H3,(H,17,18);1-3H3,(H,5,7). The van der Waals surface area contributed by atoms with Crippen LogP contribution in [-0.2, 0) is 9.59 Å². The molecule has 0 spiro atoms. The maximum Gasteiger partial charge on any atom is 0.303 e. The van der Waals surface area contributed by atoms with E-state index in [1.165, 1.54) is 77.6 Å². The average molecular weight is 359 g/mol. The summed E-state index contributed by atoms with van der Waals surface area (Å²) in [5.74, 6) is -0.692. The van der Waals surface area contributed by atoms with Crippen LogP contribution >= 0.6 is 0 Å². The first-order valence-corrected chi connectivity index (χ1v) is 10.1. The minimum absolute atomic E-state index is 0.0370. The van der Waals surface area contributed by atoms with Gasteiger partial charge in [-0.25, -0.2) is 5.01 Å². The lowest BCUT2D eigenvalue weighted by molar-refractivity contribution is -0.137. The Bertz CT molecular complexity index is 307. The average Bonchev–Trinajstić information content (AvgIpc) is 2.51. The summed E-state index contributed by atoms with van der Waals surface area (Å²) in [6.45, 7) is 3.73. The number of unbranched alkanes of at least 4 members (excludes halogenated alkanes) is 12. The van der Waals surface area contributed by atoms with Crippen molar-refractivity contribution >= 4 is 11.9 Å². The molecule has 1 amide bonds. The highest BCUT2D eigenvalue weighted by atomic mass is 16.4. The van der Waals surface area contributed by atoms with E-state index in [9.17, 15) is 9.59 Å².